The number of carbonyl (C=O) groups is 1. The maximum Gasteiger partial charge on any atom is 0.339 e. The molecule has 122 valence electrons. The minimum Gasteiger partial charge on any atom is -0.495 e. The summed E-state index contributed by atoms with van der Waals surface area (Å²) >= 11 is 3.39. The van der Waals surface area contributed by atoms with Crippen molar-refractivity contribution in [1.29, 1.82) is 0 Å². The number of ether oxygens (including phenoxy) is 1. The number of carbonyl (C=O) groups excluding carboxylic acids is 1. The number of anilines is 2. The van der Waals surface area contributed by atoms with E-state index in [0.717, 1.165) is 4.47 Å². The summed E-state index contributed by atoms with van der Waals surface area (Å²) in [6.45, 7) is 0. The Bertz CT molecular complexity index is 712. The van der Waals surface area contributed by atoms with Crippen LogP contribution < -0.4 is 20.4 Å². The lowest BCUT2D eigenvalue weighted by Crippen LogP contribution is -2.24. The third kappa shape index (κ3) is 4.49. The van der Waals surface area contributed by atoms with Gasteiger partial charge in [0.05, 0.1) is 23.5 Å². The number of rotatable bonds is 5. The molecule has 0 atom stereocenters. The topological polar surface area (TPSA) is 79.1 Å². The lowest BCUT2D eigenvalue weighted by Gasteiger charge is -2.08. The summed E-state index contributed by atoms with van der Waals surface area (Å²) in [5.41, 5.74) is 2.92. The predicted octanol–water partition coefficient (Wildman–Crippen LogP) is 3.27. The summed E-state index contributed by atoms with van der Waals surface area (Å²) in [6, 6.07) is 8.38. The van der Waals surface area contributed by atoms with E-state index < -0.39 is 6.03 Å². The fraction of sp³-hybridized carbons (Fsp3) is 0.200. The quantitative estimate of drug-likeness (QED) is 0.616. The third-order valence-electron chi connectivity index (χ3n) is 2.81. The van der Waals surface area contributed by atoms with Crippen LogP contribution in [0.4, 0.5) is 16.4 Å². The van der Waals surface area contributed by atoms with Crippen molar-refractivity contribution in [3.63, 3.8) is 0 Å². The molecule has 0 saturated carbocycles. The first kappa shape index (κ1) is 16.9. The zero-order valence-corrected chi connectivity index (χ0v) is 14.5. The highest BCUT2D eigenvalue weighted by atomic mass is 79.9. The van der Waals surface area contributed by atoms with E-state index in [4.69, 9.17) is 9.15 Å². The molecule has 0 saturated heterocycles. The van der Waals surface area contributed by atoms with Crippen LogP contribution in [-0.4, -0.2) is 33.5 Å². The van der Waals surface area contributed by atoms with Crippen LogP contribution in [0.5, 0.6) is 5.75 Å². The highest BCUT2D eigenvalue weighted by Gasteiger charge is 2.09. The van der Waals surface area contributed by atoms with Crippen molar-refractivity contribution in [2.75, 3.05) is 31.4 Å². The second-order valence-electron chi connectivity index (χ2n) is 4.72. The average Bonchev–Trinajstić information content (AvgIpc) is 2.89. The van der Waals surface area contributed by atoms with Crippen LogP contribution in [0.1, 0.15) is 5.76 Å². The average molecular weight is 381 g/mol. The Kier molecular flexibility index (Phi) is 5.64. The van der Waals surface area contributed by atoms with Crippen LogP contribution in [0.15, 0.2) is 44.3 Å². The highest BCUT2D eigenvalue weighted by Crippen LogP contribution is 2.27. The van der Waals surface area contributed by atoms with Crippen molar-refractivity contribution >= 4 is 39.7 Å². The van der Waals surface area contributed by atoms with Gasteiger partial charge in [0, 0.05) is 20.2 Å². The number of nitrogens with one attached hydrogen (secondary N) is 2. The summed E-state index contributed by atoms with van der Waals surface area (Å²) in [7, 11) is 5.26. The molecule has 0 aliphatic heterocycles. The van der Waals surface area contributed by atoms with Gasteiger partial charge in [-0.1, -0.05) is 12.1 Å². The van der Waals surface area contributed by atoms with Gasteiger partial charge in [0.25, 0.3) is 0 Å². The van der Waals surface area contributed by atoms with Gasteiger partial charge in [-0.25, -0.2) is 10.2 Å². The van der Waals surface area contributed by atoms with Crippen LogP contribution >= 0.6 is 15.9 Å². The first-order chi connectivity index (χ1) is 11.0. The van der Waals surface area contributed by atoms with Crippen LogP contribution in [0.3, 0.4) is 0 Å². The van der Waals surface area contributed by atoms with E-state index in [-0.39, 0.29) is 0 Å². The van der Waals surface area contributed by atoms with Gasteiger partial charge in [-0.05, 0) is 28.1 Å². The van der Waals surface area contributed by atoms with Crippen molar-refractivity contribution in [2.45, 2.75) is 0 Å². The molecule has 0 fully saturated rings. The maximum atomic E-state index is 11.8. The van der Waals surface area contributed by atoms with Crippen molar-refractivity contribution in [3.8, 4) is 5.75 Å². The zero-order valence-electron chi connectivity index (χ0n) is 13.0. The smallest absolute Gasteiger partial charge is 0.339 e. The first-order valence-corrected chi connectivity index (χ1v) is 7.50. The van der Waals surface area contributed by atoms with Crippen LogP contribution in [0.2, 0.25) is 0 Å². The number of nitrogens with zero attached hydrogens (tertiary/aromatic N) is 2. The molecule has 0 aliphatic rings. The molecule has 1 aromatic carbocycles. The Morgan fingerprint density at radius 1 is 1.39 bits per heavy atom. The normalized spacial score (nSPS) is 10.6. The van der Waals surface area contributed by atoms with Gasteiger partial charge in [-0.2, -0.15) is 5.10 Å². The summed E-state index contributed by atoms with van der Waals surface area (Å²) < 4.78 is 11.5. The van der Waals surface area contributed by atoms with E-state index in [2.05, 4.69) is 31.8 Å². The molecule has 2 amide bonds. The standard InChI is InChI=1S/C15H17BrN4O3/c1-20(2)14-11(16)8-10(23-14)9-17-19-15(21)18-12-6-4-5-7-13(12)22-3/h4-9H,1-3H3,(H2,18,19,21). The molecule has 8 heteroatoms. The lowest BCUT2D eigenvalue weighted by molar-refractivity contribution is 0.252. The maximum absolute atomic E-state index is 11.8. The second-order valence-corrected chi connectivity index (χ2v) is 5.58. The van der Waals surface area contributed by atoms with Crippen LogP contribution in [0, 0.1) is 0 Å². The fourth-order valence-corrected chi connectivity index (χ4v) is 2.46. The summed E-state index contributed by atoms with van der Waals surface area (Å²) in [6.07, 6.45) is 1.42. The van der Waals surface area contributed by atoms with E-state index in [1.807, 2.05) is 25.1 Å². The van der Waals surface area contributed by atoms with Gasteiger partial charge in [0.2, 0.25) is 5.88 Å². The largest absolute Gasteiger partial charge is 0.495 e. The molecule has 2 aromatic rings. The predicted molar refractivity (Wildman–Crippen MR) is 93.5 cm³/mol. The Labute approximate surface area is 142 Å². The Morgan fingerprint density at radius 2 is 2.13 bits per heavy atom. The number of methoxy groups -OCH3 is 1. The van der Waals surface area contributed by atoms with Gasteiger partial charge in [0.1, 0.15) is 5.75 Å². The zero-order chi connectivity index (χ0) is 16.8. The number of hydrazone groups is 1. The van der Waals surface area contributed by atoms with Gasteiger partial charge in [-0.3, -0.25) is 0 Å². The van der Waals surface area contributed by atoms with Crippen molar-refractivity contribution in [2.24, 2.45) is 5.10 Å². The van der Waals surface area contributed by atoms with E-state index in [1.54, 1.807) is 24.3 Å². The van der Waals surface area contributed by atoms with Gasteiger partial charge in [0.15, 0.2) is 5.76 Å². The molecule has 2 N–H and O–H groups in total. The lowest BCUT2D eigenvalue weighted by atomic mass is 10.3. The molecule has 23 heavy (non-hydrogen) atoms. The molecule has 2 rings (SSSR count). The van der Waals surface area contributed by atoms with Crippen molar-refractivity contribution < 1.29 is 13.9 Å². The summed E-state index contributed by atoms with van der Waals surface area (Å²) in [4.78, 5) is 13.6. The minimum absolute atomic E-state index is 0.482. The Balaban J connectivity index is 1.95. The number of para-hydroxylation sites is 2. The van der Waals surface area contributed by atoms with Crippen molar-refractivity contribution in [3.05, 3.63) is 40.6 Å². The Morgan fingerprint density at radius 3 is 2.78 bits per heavy atom. The number of furan rings is 1. The number of hydrogen-bond acceptors (Lipinski definition) is 5. The first-order valence-electron chi connectivity index (χ1n) is 6.71. The SMILES string of the molecule is COc1ccccc1NC(=O)NN=Cc1cc(Br)c(N(C)C)o1. The number of urea groups is 1. The van der Waals surface area contributed by atoms with Crippen molar-refractivity contribution in [1.82, 2.24) is 5.43 Å². The van der Waals surface area contributed by atoms with Gasteiger partial charge >= 0.3 is 6.03 Å². The molecule has 7 nitrogen and oxygen atoms in total. The number of amides is 2. The van der Waals surface area contributed by atoms with E-state index in [9.17, 15) is 4.79 Å². The number of benzene rings is 1. The van der Waals surface area contributed by atoms with Gasteiger partial charge in [-0.15, -0.1) is 0 Å². The monoisotopic (exact) mass is 380 g/mol. The van der Waals surface area contributed by atoms with Crippen LogP contribution in [-0.2, 0) is 0 Å². The Hall–Kier alpha value is -2.48. The minimum atomic E-state index is -0.482. The highest BCUT2D eigenvalue weighted by molar-refractivity contribution is 9.10. The van der Waals surface area contributed by atoms with Gasteiger partial charge < -0.3 is 19.4 Å². The molecule has 0 bridgehead atoms. The molecule has 0 aliphatic carbocycles. The third-order valence-corrected chi connectivity index (χ3v) is 3.38. The molecule has 0 spiro atoms. The molecular formula is C15H17BrN4O3. The molecule has 0 unspecified atom stereocenters. The number of hydrogen-bond donors (Lipinski definition) is 2. The summed E-state index contributed by atoms with van der Waals surface area (Å²) in [5, 5.41) is 6.49. The molecule has 1 heterocycles. The molecule has 1 aromatic heterocycles. The molecular weight excluding hydrogens is 364 g/mol. The van der Waals surface area contributed by atoms with E-state index >= 15 is 0 Å². The molecule has 0 radical (unpaired) electrons. The van der Waals surface area contributed by atoms with E-state index in [0.29, 0.717) is 23.1 Å². The van der Waals surface area contributed by atoms with Crippen LogP contribution in [0.25, 0.3) is 0 Å². The summed E-state index contributed by atoms with van der Waals surface area (Å²) in [5.74, 6) is 1.75. The van der Waals surface area contributed by atoms with E-state index in [1.165, 1.54) is 13.3 Å². The number of halogens is 1. The second kappa shape index (κ2) is 7.68. The fourth-order valence-electron chi connectivity index (χ4n) is 1.80.